The second-order valence-corrected chi connectivity index (χ2v) is 7.23. The molecule has 2 fully saturated rings. The van der Waals surface area contributed by atoms with Gasteiger partial charge in [-0.3, -0.25) is 9.58 Å². The first-order valence-corrected chi connectivity index (χ1v) is 9.91. The van der Waals surface area contributed by atoms with Gasteiger partial charge in [-0.1, -0.05) is 19.3 Å². The molecule has 0 radical (unpaired) electrons. The van der Waals surface area contributed by atoms with E-state index >= 15 is 0 Å². The van der Waals surface area contributed by atoms with Crippen LogP contribution < -0.4 is 10.6 Å². The normalized spacial score (nSPS) is 20.7. The number of hydrogen-bond donors (Lipinski definition) is 2. The van der Waals surface area contributed by atoms with Crippen molar-refractivity contribution in [3.05, 3.63) is 12.2 Å². The molecule has 1 aliphatic carbocycles. The van der Waals surface area contributed by atoms with Gasteiger partial charge in [-0.05, 0) is 19.8 Å². The zero-order valence-corrected chi connectivity index (χ0v) is 18.9. The average Bonchev–Trinajstić information content (AvgIpc) is 3.10. The smallest absolute Gasteiger partial charge is 0.191 e. The molecular weight excluding hydrogens is 457 g/mol. The zero-order chi connectivity index (χ0) is 18.2. The molecule has 3 rings (SSSR count). The van der Waals surface area contributed by atoms with Gasteiger partial charge < -0.3 is 15.4 Å². The third kappa shape index (κ3) is 6.02. The largest absolute Gasteiger partial charge is 0.379 e. The van der Waals surface area contributed by atoms with Crippen LogP contribution >= 0.6 is 24.0 Å². The summed E-state index contributed by atoms with van der Waals surface area (Å²) in [6.07, 6.45) is 8.05. The summed E-state index contributed by atoms with van der Waals surface area (Å²) >= 11 is 0. The first kappa shape index (κ1) is 22.4. The summed E-state index contributed by atoms with van der Waals surface area (Å²) in [6.45, 7) is 8.16. The van der Waals surface area contributed by atoms with Gasteiger partial charge in [0.2, 0.25) is 0 Å². The highest BCUT2D eigenvalue weighted by Crippen LogP contribution is 2.33. The van der Waals surface area contributed by atoms with Gasteiger partial charge >= 0.3 is 0 Å². The number of aliphatic imine (C=N–C) groups is 1. The Balaban J connectivity index is 0.00000261. The second-order valence-electron chi connectivity index (χ2n) is 7.23. The highest BCUT2D eigenvalue weighted by molar-refractivity contribution is 14.0. The van der Waals surface area contributed by atoms with Gasteiger partial charge in [0.25, 0.3) is 0 Å². The first-order valence-electron chi connectivity index (χ1n) is 9.91. The van der Waals surface area contributed by atoms with Gasteiger partial charge in [-0.15, -0.1) is 24.0 Å². The molecule has 1 aromatic rings. The summed E-state index contributed by atoms with van der Waals surface area (Å²) in [4.78, 5) is 11.6. The number of aryl methyl sites for hydroxylation is 1. The summed E-state index contributed by atoms with van der Waals surface area (Å²) in [6, 6.07) is 0. The van der Waals surface area contributed by atoms with Crippen molar-refractivity contribution in [1.29, 1.82) is 0 Å². The minimum Gasteiger partial charge on any atom is -0.379 e. The van der Waals surface area contributed by atoms with E-state index in [9.17, 15) is 0 Å². The number of aromatic nitrogens is 3. The maximum absolute atomic E-state index is 5.58. The lowest BCUT2D eigenvalue weighted by molar-refractivity contribution is -0.0352. The number of hydrogen-bond acceptors (Lipinski definition) is 5. The van der Waals surface area contributed by atoms with E-state index in [4.69, 9.17) is 9.73 Å². The molecule has 27 heavy (non-hydrogen) atoms. The molecule has 8 nitrogen and oxygen atoms in total. The van der Waals surface area contributed by atoms with Crippen LogP contribution in [0.1, 0.15) is 44.9 Å². The Kier molecular flexibility index (Phi) is 9.24. The molecule has 0 atom stereocenters. The Morgan fingerprint density at radius 2 is 1.96 bits per heavy atom. The van der Waals surface area contributed by atoms with E-state index in [0.29, 0.717) is 6.54 Å². The molecule has 1 aromatic heterocycles. The molecule has 0 aromatic carbocycles. The Labute approximate surface area is 179 Å². The van der Waals surface area contributed by atoms with Crippen molar-refractivity contribution in [3.8, 4) is 0 Å². The van der Waals surface area contributed by atoms with E-state index in [2.05, 4.69) is 32.5 Å². The van der Waals surface area contributed by atoms with Gasteiger partial charge in [-0.25, -0.2) is 9.98 Å². The minimum atomic E-state index is 0. The second kappa shape index (κ2) is 11.2. The van der Waals surface area contributed by atoms with Crippen molar-refractivity contribution in [3.63, 3.8) is 0 Å². The van der Waals surface area contributed by atoms with Crippen LogP contribution in [0.4, 0.5) is 0 Å². The van der Waals surface area contributed by atoms with Gasteiger partial charge in [0.05, 0.1) is 13.2 Å². The van der Waals surface area contributed by atoms with Crippen LogP contribution in [-0.2, 0) is 18.3 Å². The van der Waals surface area contributed by atoms with E-state index in [1.54, 1.807) is 11.0 Å². The molecule has 2 heterocycles. The van der Waals surface area contributed by atoms with Crippen molar-refractivity contribution in [2.24, 2.45) is 12.0 Å². The summed E-state index contributed by atoms with van der Waals surface area (Å²) in [5.74, 6) is 1.72. The molecule has 154 valence electrons. The van der Waals surface area contributed by atoms with E-state index in [1.807, 2.05) is 7.05 Å². The molecule has 1 saturated carbocycles. The zero-order valence-electron chi connectivity index (χ0n) is 16.6. The average molecular weight is 491 g/mol. The molecule has 2 N–H and O–H groups in total. The van der Waals surface area contributed by atoms with Crippen molar-refractivity contribution in [1.82, 2.24) is 30.3 Å². The van der Waals surface area contributed by atoms with Crippen molar-refractivity contribution in [2.75, 3.05) is 39.4 Å². The molecule has 9 heteroatoms. The Hall–Kier alpha value is -0.940. The lowest BCUT2D eigenvalue weighted by Crippen LogP contribution is -2.60. The van der Waals surface area contributed by atoms with Crippen LogP contribution in [0.5, 0.6) is 0 Å². The third-order valence-corrected chi connectivity index (χ3v) is 5.58. The number of morpholine rings is 1. The van der Waals surface area contributed by atoms with E-state index < -0.39 is 0 Å². The molecule has 1 aliphatic heterocycles. The van der Waals surface area contributed by atoms with E-state index in [1.165, 1.54) is 32.1 Å². The summed E-state index contributed by atoms with van der Waals surface area (Å²) in [5.41, 5.74) is 0.225. The quantitative estimate of drug-likeness (QED) is 0.357. The van der Waals surface area contributed by atoms with Crippen LogP contribution in [0.15, 0.2) is 11.3 Å². The standard InChI is InChI=1S/C18H33N7O.HI/c1-3-19-17(20-13-16-22-15-23-24(16)2)21-14-18(7-5-4-6-8-18)25-9-11-26-12-10-25;/h15H,3-14H2,1-2H3,(H2,19,20,21);1H. The van der Waals surface area contributed by atoms with Crippen molar-refractivity contribution >= 4 is 29.9 Å². The van der Waals surface area contributed by atoms with Crippen LogP contribution in [0.25, 0.3) is 0 Å². The highest BCUT2D eigenvalue weighted by Gasteiger charge is 2.38. The minimum absolute atomic E-state index is 0. The Bertz CT molecular complexity index is 580. The van der Waals surface area contributed by atoms with Gasteiger partial charge in [-0.2, -0.15) is 5.10 Å². The van der Waals surface area contributed by atoms with Gasteiger partial charge in [0.1, 0.15) is 18.7 Å². The number of ether oxygens (including phenoxy) is 1. The van der Waals surface area contributed by atoms with E-state index in [0.717, 1.165) is 51.2 Å². The summed E-state index contributed by atoms with van der Waals surface area (Å²) < 4.78 is 7.34. The molecule has 0 spiro atoms. The molecule has 0 amide bonds. The molecule has 2 aliphatic rings. The number of nitrogens with zero attached hydrogens (tertiary/aromatic N) is 5. The third-order valence-electron chi connectivity index (χ3n) is 5.58. The fourth-order valence-corrected chi connectivity index (χ4v) is 4.06. The monoisotopic (exact) mass is 491 g/mol. The van der Waals surface area contributed by atoms with Crippen LogP contribution in [0.2, 0.25) is 0 Å². The fourth-order valence-electron chi connectivity index (χ4n) is 4.06. The molecular formula is C18H34IN7O. The maximum atomic E-state index is 5.58. The molecule has 0 bridgehead atoms. The number of halogens is 1. The Morgan fingerprint density at radius 3 is 2.59 bits per heavy atom. The van der Waals surface area contributed by atoms with Crippen molar-refractivity contribution < 1.29 is 4.74 Å². The summed E-state index contributed by atoms with van der Waals surface area (Å²) in [5, 5.41) is 11.1. The lowest BCUT2D eigenvalue weighted by atomic mass is 9.80. The summed E-state index contributed by atoms with van der Waals surface area (Å²) in [7, 11) is 1.90. The topological polar surface area (TPSA) is 79.6 Å². The fraction of sp³-hybridized carbons (Fsp3) is 0.833. The first-order chi connectivity index (χ1) is 12.7. The predicted molar refractivity (Wildman–Crippen MR) is 117 cm³/mol. The number of guanidine groups is 1. The predicted octanol–water partition coefficient (Wildman–Crippen LogP) is 1.52. The van der Waals surface area contributed by atoms with Crippen molar-refractivity contribution in [2.45, 2.75) is 51.1 Å². The number of rotatable bonds is 6. The SMILES string of the molecule is CCNC(=NCc1ncnn1C)NCC1(N2CCOCC2)CCCCC1.I. The van der Waals surface area contributed by atoms with Crippen LogP contribution in [0.3, 0.4) is 0 Å². The lowest BCUT2D eigenvalue weighted by Gasteiger charge is -2.48. The van der Waals surface area contributed by atoms with Crippen LogP contribution in [-0.4, -0.2) is 70.6 Å². The highest BCUT2D eigenvalue weighted by atomic mass is 127. The Morgan fingerprint density at radius 1 is 1.22 bits per heavy atom. The number of nitrogens with one attached hydrogen (secondary N) is 2. The maximum Gasteiger partial charge on any atom is 0.191 e. The molecule has 1 saturated heterocycles. The van der Waals surface area contributed by atoms with Crippen LogP contribution in [0, 0.1) is 0 Å². The molecule has 0 unspecified atom stereocenters. The van der Waals surface area contributed by atoms with Gasteiger partial charge in [0, 0.05) is 38.8 Å². The van der Waals surface area contributed by atoms with E-state index in [-0.39, 0.29) is 29.5 Å². The van der Waals surface area contributed by atoms with Gasteiger partial charge in [0.15, 0.2) is 5.96 Å².